The third-order valence-electron chi connectivity index (χ3n) is 3.56. The topological polar surface area (TPSA) is 12.0 Å². The molecule has 1 aromatic heterocycles. The Morgan fingerprint density at radius 2 is 1.68 bits per heavy atom. The van der Waals surface area contributed by atoms with Crippen molar-refractivity contribution in [2.45, 2.75) is 45.7 Å². The maximum absolute atomic E-state index is 3.66. The van der Waals surface area contributed by atoms with Crippen LogP contribution in [0.3, 0.4) is 0 Å². The van der Waals surface area contributed by atoms with E-state index < -0.39 is 0 Å². The van der Waals surface area contributed by atoms with Gasteiger partial charge in [-0.3, -0.25) is 0 Å². The van der Waals surface area contributed by atoms with Crippen LogP contribution in [0.25, 0.3) is 0 Å². The first-order valence-corrected chi connectivity index (χ1v) is 8.02. The van der Waals surface area contributed by atoms with Crippen molar-refractivity contribution in [1.29, 1.82) is 0 Å². The number of aryl methyl sites for hydroxylation is 1. The van der Waals surface area contributed by atoms with Crippen molar-refractivity contribution in [3.63, 3.8) is 0 Å². The van der Waals surface area contributed by atoms with E-state index in [1.54, 1.807) is 11.3 Å². The van der Waals surface area contributed by atoms with E-state index in [1.807, 2.05) is 0 Å². The number of hydrogen-bond donors (Lipinski definition) is 1. The van der Waals surface area contributed by atoms with Gasteiger partial charge < -0.3 is 5.32 Å². The Bertz CT molecular complexity index is 472. The fourth-order valence-corrected chi connectivity index (χ4v) is 3.10. The smallest absolute Gasteiger partial charge is 0.0305 e. The van der Waals surface area contributed by atoms with Crippen molar-refractivity contribution >= 4 is 11.3 Å². The van der Waals surface area contributed by atoms with Gasteiger partial charge in [-0.15, -0.1) is 0 Å². The molecule has 2 rings (SSSR count). The van der Waals surface area contributed by atoms with E-state index >= 15 is 0 Å². The molecule has 0 aliphatic rings. The molecule has 0 fully saturated rings. The summed E-state index contributed by atoms with van der Waals surface area (Å²) in [5, 5.41) is 8.01. The zero-order valence-corrected chi connectivity index (χ0v) is 12.8. The lowest BCUT2D eigenvalue weighted by Crippen LogP contribution is -2.22. The summed E-state index contributed by atoms with van der Waals surface area (Å²) in [5.41, 5.74) is 4.17. The Morgan fingerprint density at radius 1 is 1.00 bits per heavy atom. The number of hydrogen-bond acceptors (Lipinski definition) is 2. The average Bonchev–Trinajstić information content (AvgIpc) is 2.94. The normalized spacial score (nSPS) is 14.3. The lowest BCUT2D eigenvalue weighted by atomic mass is 10.0. The zero-order valence-electron chi connectivity index (χ0n) is 12.0. The Kier molecular flexibility index (Phi) is 5.17. The monoisotopic (exact) mass is 273 g/mol. The fraction of sp³-hybridized carbons (Fsp3) is 0.412. The van der Waals surface area contributed by atoms with E-state index in [1.165, 1.54) is 29.5 Å². The Labute approximate surface area is 120 Å². The highest BCUT2D eigenvalue weighted by atomic mass is 32.1. The molecule has 1 heterocycles. The molecule has 19 heavy (non-hydrogen) atoms. The maximum Gasteiger partial charge on any atom is 0.0305 e. The molecule has 102 valence electrons. The average molecular weight is 273 g/mol. The number of benzene rings is 1. The fourth-order valence-electron chi connectivity index (χ4n) is 2.35. The van der Waals surface area contributed by atoms with Crippen LogP contribution in [0, 0.1) is 0 Å². The molecule has 0 aliphatic heterocycles. The molecule has 2 aromatic rings. The molecule has 1 N–H and O–H groups in total. The van der Waals surface area contributed by atoms with Crippen LogP contribution < -0.4 is 5.32 Å². The van der Waals surface area contributed by atoms with Gasteiger partial charge in [0.05, 0.1) is 0 Å². The molecule has 0 bridgehead atoms. The van der Waals surface area contributed by atoms with Gasteiger partial charge in [0.2, 0.25) is 0 Å². The van der Waals surface area contributed by atoms with Gasteiger partial charge in [-0.1, -0.05) is 37.6 Å². The molecule has 0 amide bonds. The predicted molar refractivity (Wildman–Crippen MR) is 84.7 cm³/mol. The van der Waals surface area contributed by atoms with Crippen molar-refractivity contribution in [2.24, 2.45) is 0 Å². The molecule has 0 spiro atoms. The minimum absolute atomic E-state index is 0.380. The van der Waals surface area contributed by atoms with Crippen molar-refractivity contribution in [2.75, 3.05) is 0 Å². The molecule has 2 atom stereocenters. The van der Waals surface area contributed by atoms with Gasteiger partial charge in [0.1, 0.15) is 0 Å². The van der Waals surface area contributed by atoms with Crippen LogP contribution in [-0.2, 0) is 6.42 Å². The second-order valence-electron chi connectivity index (χ2n) is 5.16. The minimum atomic E-state index is 0.380. The molecule has 0 aliphatic carbocycles. The highest BCUT2D eigenvalue weighted by Gasteiger charge is 2.11. The molecular formula is C17H23NS. The first-order chi connectivity index (χ1) is 9.20. The van der Waals surface area contributed by atoms with Crippen LogP contribution in [0.1, 0.15) is 56.0 Å². The minimum Gasteiger partial charge on any atom is -0.304 e. The van der Waals surface area contributed by atoms with Crippen molar-refractivity contribution in [1.82, 2.24) is 5.32 Å². The van der Waals surface area contributed by atoms with Crippen LogP contribution in [0.4, 0.5) is 0 Å². The summed E-state index contributed by atoms with van der Waals surface area (Å²) in [7, 11) is 0. The van der Waals surface area contributed by atoms with Gasteiger partial charge in [-0.2, -0.15) is 11.3 Å². The maximum atomic E-state index is 3.66. The summed E-state index contributed by atoms with van der Waals surface area (Å²) in [6, 6.07) is 12.0. The van der Waals surface area contributed by atoms with Crippen LogP contribution in [0.15, 0.2) is 41.1 Å². The molecule has 0 radical (unpaired) electrons. The number of rotatable bonds is 6. The van der Waals surface area contributed by atoms with Gasteiger partial charge in [-0.25, -0.2) is 0 Å². The van der Waals surface area contributed by atoms with Gasteiger partial charge in [0.15, 0.2) is 0 Å². The SMILES string of the molecule is CCCc1ccc(C(C)NC(C)c2ccsc2)cc1. The van der Waals surface area contributed by atoms with E-state index in [9.17, 15) is 0 Å². The highest BCUT2D eigenvalue weighted by molar-refractivity contribution is 7.07. The van der Waals surface area contributed by atoms with Crippen LogP contribution in [0.2, 0.25) is 0 Å². The van der Waals surface area contributed by atoms with E-state index in [0.29, 0.717) is 12.1 Å². The largest absolute Gasteiger partial charge is 0.304 e. The van der Waals surface area contributed by atoms with Gasteiger partial charge in [0, 0.05) is 12.1 Å². The summed E-state index contributed by atoms with van der Waals surface area (Å²) >= 11 is 1.76. The summed E-state index contributed by atoms with van der Waals surface area (Å²) in [6.45, 7) is 6.68. The third-order valence-corrected chi connectivity index (χ3v) is 4.26. The first kappa shape index (κ1) is 14.3. The second-order valence-corrected chi connectivity index (χ2v) is 5.94. The van der Waals surface area contributed by atoms with Crippen molar-refractivity contribution in [3.8, 4) is 0 Å². The number of thiophene rings is 1. The second kappa shape index (κ2) is 6.88. The molecule has 1 aromatic carbocycles. The molecule has 0 saturated heterocycles. The molecule has 0 saturated carbocycles. The van der Waals surface area contributed by atoms with Gasteiger partial charge in [0.25, 0.3) is 0 Å². The molecule has 2 unspecified atom stereocenters. The first-order valence-electron chi connectivity index (χ1n) is 7.07. The zero-order chi connectivity index (χ0) is 13.7. The lowest BCUT2D eigenvalue weighted by Gasteiger charge is -2.20. The van der Waals surface area contributed by atoms with Crippen LogP contribution in [0.5, 0.6) is 0 Å². The number of nitrogens with one attached hydrogen (secondary N) is 1. The summed E-state index contributed by atoms with van der Waals surface area (Å²) < 4.78 is 0. The van der Waals surface area contributed by atoms with Gasteiger partial charge >= 0.3 is 0 Å². The molecule has 1 nitrogen and oxygen atoms in total. The highest BCUT2D eigenvalue weighted by Crippen LogP contribution is 2.21. The van der Waals surface area contributed by atoms with E-state index in [2.05, 4.69) is 67.2 Å². The summed E-state index contributed by atoms with van der Waals surface area (Å²) in [5.74, 6) is 0. The van der Waals surface area contributed by atoms with E-state index in [0.717, 1.165) is 0 Å². The van der Waals surface area contributed by atoms with E-state index in [4.69, 9.17) is 0 Å². The van der Waals surface area contributed by atoms with Crippen molar-refractivity contribution < 1.29 is 0 Å². The predicted octanol–water partition coefficient (Wildman–Crippen LogP) is 5.11. The van der Waals surface area contributed by atoms with Crippen LogP contribution in [-0.4, -0.2) is 0 Å². The van der Waals surface area contributed by atoms with Crippen molar-refractivity contribution in [3.05, 3.63) is 57.8 Å². The molecular weight excluding hydrogens is 250 g/mol. The van der Waals surface area contributed by atoms with Crippen LogP contribution >= 0.6 is 11.3 Å². The standard InChI is InChI=1S/C17H23NS/c1-4-5-15-6-8-16(9-7-15)13(2)18-14(3)17-10-11-19-12-17/h6-14,18H,4-5H2,1-3H3. The Morgan fingerprint density at radius 3 is 2.26 bits per heavy atom. The Hall–Kier alpha value is -1.12. The Balaban J connectivity index is 1.97. The third kappa shape index (κ3) is 3.92. The molecule has 2 heteroatoms. The summed E-state index contributed by atoms with van der Waals surface area (Å²) in [4.78, 5) is 0. The lowest BCUT2D eigenvalue weighted by molar-refractivity contribution is 0.495. The van der Waals surface area contributed by atoms with E-state index in [-0.39, 0.29) is 0 Å². The quantitative estimate of drug-likeness (QED) is 0.771. The van der Waals surface area contributed by atoms with Gasteiger partial charge in [-0.05, 0) is 53.8 Å². The summed E-state index contributed by atoms with van der Waals surface area (Å²) in [6.07, 6.45) is 2.38.